The van der Waals surface area contributed by atoms with Crippen LogP contribution < -0.4 is 10.6 Å². The van der Waals surface area contributed by atoms with Gasteiger partial charge in [0.2, 0.25) is 5.91 Å². The summed E-state index contributed by atoms with van der Waals surface area (Å²) >= 11 is 0. The van der Waals surface area contributed by atoms with Crippen molar-refractivity contribution in [1.29, 1.82) is 0 Å². The molecule has 0 aromatic heterocycles. The molecule has 18 heavy (non-hydrogen) atoms. The zero-order valence-corrected chi connectivity index (χ0v) is 11.7. The van der Waals surface area contributed by atoms with Gasteiger partial charge in [0.05, 0.1) is 6.04 Å². The summed E-state index contributed by atoms with van der Waals surface area (Å²) in [4.78, 5) is 12.0. The van der Waals surface area contributed by atoms with Crippen LogP contribution in [0.5, 0.6) is 0 Å². The van der Waals surface area contributed by atoms with Gasteiger partial charge in [-0.2, -0.15) is 0 Å². The van der Waals surface area contributed by atoms with E-state index in [-0.39, 0.29) is 11.9 Å². The van der Waals surface area contributed by atoms with Crippen molar-refractivity contribution in [2.24, 2.45) is 0 Å². The molecule has 1 unspecified atom stereocenters. The summed E-state index contributed by atoms with van der Waals surface area (Å²) in [6.07, 6.45) is 9.14. The summed E-state index contributed by atoms with van der Waals surface area (Å²) in [5, 5.41) is 6.39. The summed E-state index contributed by atoms with van der Waals surface area (Å²) < 4.78 is 4.99. The fourth-order valence-corrected chi connectivity index (χ4v) is 2.31. The first kappa shape index (κ1) is 15.4. The van der Waals surface area contributed by atoms with Crippen LogP contribution in [-0.2, 0) is 9.53 Å². The topological polar surface area (TPSA) is 50.4 Å². The third kappa shape index (κ3) is 6.97. The molecule has 106 valence electrons. The zero-order valence-electron chi connectivity index (χ0n) is 11.7. The molecule has 1 atom stereocenters. The highest BCUT2D eigenvalue weighted by atomic mass is 16.5. The number of amides is 1. The van der Waals surface area contributed by atoms with Gasteiger partial charge in [-0.25, -0.2) is 0 Å². The van der Waals surface area contributed by atoms with E-state index in [4.69, 9.17) is 4.74 Å². The number of nitrogens with one attached hydrogen (secondary N) is 2. The second-order valence-electron chi connectivity index (χ2n) is 5.05. The van der Waals surface area contributed by atoms with E-state index >= 15 is 0 Å². The fraction of sp³-hybridized carbons (Fsp3) is 0.929. The van der Waals surface area contributed by atoms with Gasteiger partial charge in [-0.1, -0.05) is 19.3 Å². The lowest BCUT2D eigenvalue weighted by atomic mass is 10.0. The van der Waals surface area contributed by atoms with Crippen LogP contribution >= 0.6 is 0 Å². The first-order chi connectivity index (χ1) is 8.84. The predicted molar refractivity (Wildman–Crippen MR) is 73.6 cm³/mol. The highest BCUT2D eigenvalue weighted by molar-refractivity contribution is 5.81. The van der Waals surface area contributed by atoms with Crippen LogP contribution in [0.2, 0.25) is 0 Å². The molecule has 4 nitrogen and oxygen atoms in total. The molecule has 0 aliphatic carbocycles. The van der Waals surface area contributed by atoms with Crippen molar-refractivity contribution in [1.82, 2.24) is 10.6 Å². The lowest BCUT2D eigenvalue weighted by Gasteiger charge is -2.20. The van der Waals surface area contributed by atoms with Crippen molar-refractivity contribution in [2.75, 3.05) is 26.8 Å². The Morgan fingerprint density at radius 2 is 2.06 bits per heavy atom. The Hall–Kier alpha value is -0.610. The average Bonchev–Trinajstić information content (AvgIpc) is 2.33. The molecule has 0 aromatic rings. The fourth-order valence-electron chi connectivity index (χ4n) is 2.31. The summed E-state index contributed by atoms with van der Waals surface area (Å²) in [5.74, 6) is 0.184. The van der Waals surface area contributed by atoms with Gasteiger partial charge in [-0.15, -0.1) is 0 Å². The molecule has 0 radical (unpaired) electrons. The van der Waals surface area contributed by atoms with Crippen LogP contribution in [-0.4, -0.2) is 38.8 Å². The first-order valence-electron chi connectivity index (χ1n) is 7.34. The van der Waals surface area contributed by atoms with Gasteiger partial charge in [-0.05, 0) is 38.6 Å². The van der Waals surface area contributed by atoms with Crippen molar-refractivity contribution < 1.29 is 9.53 Å². The Labute approximate surface area is 111 Å². The minimum absolute atomic E-state index is 0.0317. The molecular formula is C14H28N2O2. The van der Waals surface area contributed by atoms with Crippen LogP contribution in [0.25, 0.3) is 0 Å². The molecule has 1 rings (SSSR count). The van der Waals surface area contributed by atoms with Crippen LogP contribution in [0, 0.1) is 0 Å². The van der Waals surface area contributed by atoms with E-state index < -0.39 is 0 Å². The van der Waals surface area contributed by atoms with Crippen LogP contribution in [0.1, 0.15) is 51.4 Å². The van der Waals surface area contributed by atoms with Crippen molar-refractivity contribution in [3.05, 3.63) is 0 Å². The molecule has 4 heteroatoms. The number of hydrogen-bond acceptors (Lipinski definition) is 3. The van der Waals surface area contributed by atoms with Gasteiger partial charge in [0.25, 0.3) is 0 Å². The molecule has 0 spiro atoms. The Morgan fingerprint density at radius 1 is 1.22 bits per heavy atom. The molecule has 1 heterocycles. The first-order valence-corrected chi connectivity index (χ1v) is 7.34. The quantitative estimate of drug-likeness (QED) is 0.683. The summed E-state index contributed by atoms with van der Waals surface area (Å²) in [7, 11) is 1.72. The monoisotopic (exact) mass is 256 g/mol. The van der Waals surface area contributed by atoms with Crippen LogP contribution in [0.3, 0.4) is 0 Å². The van der Waals surface area contributed by atoms with Gasteiger partial charge >= 0.3 is 0 Å². The van der Waals surface area contributed by atoms with Gasteiger partial charge in [0, 0.05) is 20.3 Å². The van der Waals surface area contributed by atoms with E-state index in [1.807, 2.05) is 0 Å². The molecule has 0 bridgehead atoms. The van der Waals surface area contributed by atoms with Crippen LogP contribution in [0.15, 0.2) is 0 Å². The number of hydrogen-bond donors (Lipinski definition) is 2. The highest BCUT2D eigenvalue weighted by Crippen LogP contribution is 2.09. The van der Waals surface area contributed by atoms with Crippen molar-refractivity contribution in [3.8, 4) is 0 Å². The van der Waals surface area contributed by atoms with Gasteiger partial charge in [0.1, 0.15) is 0 Å². The molecule has 1 saturated heterocycles. The molecule has 1 amide bonds. The molecular weight excluding hydrogens is 228 g/mol. The molecule has 2 N–H and O–H groups in total. The van der Waals surface area contributed by atoms with E-state index in [2.05, 4.69) is 10.6 Å². The van der Waals surface area contributed by atoms with Crippen LogP contribution in [0.4, 0.5) is 0 Å². The van der Waals surface area contributed by atoms with E-state index in [1.54, 1.807) is 7.11 Å². The lowest BCUT2D eigenvalue weighted by molar-refractivity contribution is -0.123. The van der Waals surface area contributed by atoms with Crippen molar-refractivity contribution >= 4 is 5.91 Å². The zero-order chi connectivity index (χ0) is 13.1. The maximum Gasteiger partial charge on any atom is 0.237 e. The summed E-state index contributed by atoms with van der Waals surface area (Å²) in [5.41, 5.74) is 0. The van der Waals surface area contributed by atoms with Gasteiger partial charge in [0.15, 0.2) is 0 Å². The molecule has 1 fully saturated rings. The minimum Gasteiger partial charge on any atom is -0.385 e. The SMILES string of the molecule is COCCCCCNC(=O)C1CCCCCCN1. The maximum atomic E-state index is 12.0. The van der Waals surface area contributed by atoms with E-state index in [1.165, 1.54) is 25.7 Å². The average molecular weight is 256 g/mol. The lowest BCUT2D eigenvalue weighted by Crippen LogP contribution is -2.45. The number of carbonyl (C=O) groups is 1. The van der Waals surface area contributed by atoms with Gasteiger partial charge < -0.3 is 15.4 Å². The largest absolute Gasteiger partial charge is 0.385 e. The standard InChI is InChI=1S/C14H28N2O2/c1-18-12-8-4-7-11-16-14(17)13-9-5-2-3-6-10-15-13/h13,15H,2-12H2,1H3,(H,16,17). The number of carbonyl (C=O) groups excluding carboxylic acids is 1. The second-order valence-corrected chi connectivity index (χ2v) is 5.05. The molecule has 0 aromatic carbocycles. The number of rotatable bonds is 7. The van der Waals surface area contributed by atoms with Gasteiger partial charge in [-0.3, -0.25) is 4.79 Å². The Morgan fingerprint density at radius 3 is 2.89 bits per heavy atom. The Kier molecular flexibility index (Phi) is 8.86. The third-order valence-corrected chi connectivity index (χ3v) is 3.45. The number of unbranched alkanes of at least 4 members (excludes halogenated alkanes) is 2. The Bertz CT molecular complexity index is 214. The smallest absolute Gasteiger partial charge is 0.237 e. The number of ether oxygens (including phenoxy) is 1. The Balaban J connectivity index is 2.06. The second kappa shape index (κ2) is 10.3. The normalized spacial score (nSPS) is 21.1. The van der Waals surface area contributed by atoms with E-state index in [9.17, 15) is 4.79 Å². The summed E-state index contributed by atoms with van der Waals surface area (Å²) in [6, 6.07) is 0.0317. The van der Waals surface area contributed by atoms with E-state index in [0.29, 0.717) is 0 Å². The number of methoxy groups -OCH3 is 1. The minimum atomic E-state index is 0.0317. The summed E-state index contributed by atoms with van der Waals surface area (Å²) in [6.45, 7) is 2.59. The maximum absolute atomic E-state index is 12.0. The van der Waals surface area contributed by atoms with Crippen molar-refractivity contribution in [3.63, 3.8) is 0 Å². The molecule has 0 saturated carbocycles. The highest BCUT2D eigenvalue weighted by Gasteiger charge is 2.17. The molecule has 1 aliphatic heterocycles. The third-order valence-electron chi connectivity index (χ3n) is 3.45. The van der Waals surface area contributed by atoms with E-state index in [0.717, 1.165) is 45.4 Å². The predicted octanol–water partition coefficient (Wildman–Crippen LogP) is 1.84. The van der Waals surface area contributed by atoms with Crippen molar-refractivity contribution in [2.45, 2.75) is 57.4 Å². The molecule has 1 aliphatic rings.